The van der Waals surface area contributed by atoms with Gasteiger partial charge in [-0.1, -0.05) is 17.7 Å². The lowest BCUT2D eigenvalue weighted by Crippen LogP contribution is -2.58. The Morgan fingerprint density at radius 2 is 1.89 bits per heavy atom. The number of anilines is 1. The molecule has 3 heterocycles. The van der Waals surface area contributed by atoms with E-state index in [1.165, 1.54) is 18.2 Å². The molecule has 1 aromatic carbocycles. The van der Waals surface area contributed by atoms with Crippen molar-refractivity contribution >= 4 is 23.3 Å². The summed E-state index contributed by atoms with van der Waals surface area (Å²) in [6, 6.07) is 10.3. The number of hydrogen-bond donors (Lipinski definition) is 2. The molecule has 188 valence electrons. The summed E-state index contributed by atoms with van der Waals surface area (Å²) in [6.07, 6.45) is 5.31. The Hall–Kier alpha value is -2.26. The van der Waals surface area contributed by atoms with Gasteiger partial charge in [0.2, 0.25) is 0 Å². The first-order valence-corrected chi connectivity index (χ1v) is 12.9. The molecule has 9 heteroatoms. The van der Waals surface area contributed by atoms with E-state index in [0.717, 1.165) is 64.1 Å². The van der Waals surface area contributed by atoms with Crippen LogP contribution in [0.15, 0.2) is 42.6 Å². The van der Waals surface area contributed by atoms with Gasteiger partial charge < -0.3 is 15.3 Å². The molecule has 2 saturated heterocycles. The highest BCUT2D eigenvalue weighted by atomic mass is 35.5. The Labute approximate surface area is 210 Å². The van der Waals surface area contributed by atoms with E-state index in [4.69, 9.17) is 11.6 Å². The van der Waals surface area contributed by atoms with Crippen LogP contribution in [0.25, 0.3) is 0 Å². The predicted octanol–water partition coefficient (Wildman–Crippen LogP) is 3.79. The number of amides is 2. The summed E-state index contributed by atoms with van der Waals surface area (Å²) < 4.78 is 13.3. The summed E-state index contributed by atoms with van der Waals surface area (Å²) >= 11 is 5.80. The van der Waals surface area contributed by atoms with Crippen LogP contribution in [0.3, 0.4) is 0 Å². The van der Waals surface area contributed by atoms with Crippen LogP contribution in [0.2, 0.25) is 5.02 Å². The van der Waals surface area contributed by atoms with Crippen LogP contribution in [-0.4, -0.2) is 82.7 Å². The number of urea groups is 1. The van der Waals surface area contributed by atoms with Gasteiger partial charge in [-0.25, -0.2) is 9.18 Å². The number of hydrogen-bond acceptors (Lipinski definition) is 5. The number of aromatic nitrogens is 1. The molecule has 0 atom stereocenters. The van der Waals surface area contributed by atoms with Crippen molar-refractivity contribution in [2.45, 2.75) is 37.3 Å². The average Bonchev–Trinajstić information content (AvgIpc) is 2.85. The number of halogens is 2. The van der Waals surface area contributed by atoms with Gasteiger partial charge in [0.15, 0.2) is 0 Å². The zero-order chi connectivity index (χ0) is 24.4. The van der Waals surface area contributed by atoms with Gasteiger partial charge >= 0.3 is 6.03 Å². The Balaban J connectivity index is 1.01. The van der Waals surface area contributed by atoms with Crippen molar-refractivity contribution in [3.8, 4) is 0 Å². The second-order valence-electron chi connectivity index (χ2n) is 10.1. The van der Waals surface area contributed by atoms with Gasteiger partial charge in [0.25, 0.3) is 0 Å². The first kappa shape index (κ1) is 24.4. The Bertz CT molecular complexity index is 1020. The average molecular weight is 502 g/mol. The van der Waals surface area contributed by atoms with Gasteiger partial charge in [-0.2, -0.15) is 0 Å². The van der Waals surface area contributed by atoms with Crippen LogP contribution in [0.5, 0.6) is 0 Å². The van der Waals surface area contributed by atoms with E-state index in [0.29, 0.717) is 30.7 Å². The molecule has 0 radical (unpaired) electrons. The van der Waals surface area contributed by atoms with E-state index >= 15 is 0 Å². The minimum Gasteiger partial charge on any atom is -0.384 e. The van der Waals surface area contributed by atoms with Crippen molar-refractivity contribution in [3.63, 3.8) is 0 Å². The number of pyridine rings is 1. The third kappa shape index (κ3) is 5.61. The summed E-state index contributed by atoms with van der Waals surface area (Å²) in [7, 11) is 0. The molecule has 0 unspecified atom stereocenters. The number of piperazine rings is 1. The van der Waals surface area contributed by atoms with Crippen LogP contribution in [-0.2, 0) is 5.60 Å². The van der Waals surface area contributed by atoms with E-state index in [2.05, 4.69) is 20.1 Å². The number of nitrogens with one attached hydrogen (secondary N) is 1. The van der Waals surface area contributed by atoms with Gasteiger partial charge in [-0.05, 0) is 61.9 Å². The van der Waals surface area contributed by atoms with E-state index in [1.54, 1.807) is 11.1 Å². The van der Waals surface area contributed by atoms with Crippen LogP contribution in [0.1, 0.15) is 31.4 Å². The minimum atomic E-state index is -0.781. The maximum absolute atomic E-state index is 13.3. The summed E-state index contributed by atoms with van der Waals surface area (Å²) in [5, 5.41) is 13.8. The summed E-state index contributed by atoms with van der Waals surface area (Å²) in [5.41, 5.74) is 0.519. The third-order valence-corrected chi connectivity index (χ3v) is 8.06. The van der Waals surface area contributed by atoms with Gasteiger partial charge in [0, 0.05) is 63.7 Å². The molecule has 1 aromatic heterocycles. The molecular formula is C26H33ClFN5O2. The summed E-state index contributed by atoms with van der Waals surface area (Å²) in [5.74, 6) is 0.163. The molecule has 2 amide bonds. The molecule has 0 bridgehead atoms. The van der Waals surface area contributed by atoms with E-state index in [1.807, 2.05) is 18.2 Å². The van der Waals surface area contributed by atoms with Crippen molar-refractivity contribution < 1.29 is 14.3 Å². The summed E-state index contributed by atoms with van der Waals surface area (Å²) in [4.78, 5) is 23.7. The molecule has 2 N–H and O–H groups in total. The van der Waals surface area contributed by atoms with Crippen LogP contribution < -0.4 is 5.32 Å². The van der Waals surface area contributed by atoms with E-state index < -0.39 is 11.4 Å². The highest BCUT2D eigenvalue weighted by Gasteiger charge is 2.41. The topological polar surface area (TPSA) is 71.9 Å². The zero-order valence-corrected chi connectivity index (χ0v) is 20.6. The maximum atomic E-state index is 13.3. The molecule has 3 aliphatic rings. The Morgan fingerprint density at radius 1 is 1.14 bits per heavy atom. The second kappa shape index (κ2) is 10.4. The first-order chi connectivity index (χ1) is 16.9. The molecular weight excluding hydrogens is 469 g/mol. The fraction of sp³-hybridized carbons (Fsp3) is 0.538. The minimum absolute atomic E-state index is 0.000671. The fourth-order valence-electron chi connectivity index (χ4n) is 5.64. The van der Waals surface area contributed by atoms with Crippen LogP contribution in [0, 0.1) is 11.7 Å². The smallest absolute Gasteiger partial charge is 0.321 e. The lowest BCUT2D eigenvalue weighted by molar-refractivity contribution is -0.0528. The molecule has 1 saturated carbocycles. The van der Waals surface area contributed by atoms with Crippen molar-refractivity contribution in [2.24, 2.45) is 5.92 Å². The van der Waals surface area contributed by atoms with Gasteiger partial charge in [0.05, 0.1) is 10.7 Å². The highest BCUT2D eigenvalue weighted by molar-refractivity contribution is 6.31. The van der Waals surface area contributed by atoms with E-state index in [-0.39, 0.29) is 11.1 Å². The number of carbonyl (C=O) groups excluding carboxylic acids is 1. The van der Waals surface area contributed by atoms with Crippen molar-refractivity contribution in [3.05, 3.63) is 59.1 Å². The van der Waals surface area contributed by atoms with Gasteiger partial charge in [-0.15, -0.1) is 0 Å². The van der Waals surface area contributed by atoms with Crippen LogP contribution in [0.4, 0.5) is 14.9 Å². The van der Waals surface area contributed by atoms with Crippen molar-refractivity contribution in [2.75, 3.05) is 51.1 Å². The maximum Gasteiger partial charge on any atom is 0.321 e. The highest BCUT2D eigenvalue weighted by Crippen LogP contribution is 2.39. The zero-order valence-electron chi connectivity index (χ0n) is 19.9. The molecule has 35 heavy (non-hydrogen) atoms. The Kier molecular flexibility index (Phi) is 7.25. The molecule has 5 rings (SSSR count). The monoisotopic (exact) mass is 501 g/mol. The molecule has 1 aliphatic carbocycles. The number of nitrogens with zero attached hydrogens (tertiary/aromatic N) is 4. The molecule has 0 spiro atoms. The van der Waals surface area contributed by atoms with Crippen molar-refractivity contribution in [1.29, 1.82) is 0 Å². The van der Waals surface area contributed by atoms with Crippen LogP contribution >= 0.6 is 11.6 Å². The lowest BCUT2D eigenvalue weighted by atomic mass is 9.78. The number of benzene rings is 1. The largest absolute Gasteiger partial charge is 0.384 e. The number of likely N-dealkylation sites (tertiary alicyclic amines) is 1. The quantitative estimate of drug-likeness (QED) is 0.652. The standard InChI is InChI=1S/C26H33ClFN5O2/c27-22-15-20(4-5-23(22)28)30-25(34)32-13-11-31(12-14-32)16-19-17-33(18-19)21-6-8-26(35,9-7-21)24-3-1-2-10-29-24/h1-5,10,15,19,21,35H,6-9,11-14,16-18H2,(H,30,34). The first-order valence-electron chi connectivity index (χ1n) is 12.5. The molecule has 3 fully saturated rings. The molecule has 2 aliphatic heterocycles. The number of aliphatic hydroxyl groups is 1. The normalized spacial score (nSPS) is 26.4. The summed E-state index contributed by atoms with van der Waals surface area (Å²) in [6.45, 7) is 6.34. The van der Waals surface area contributed by atoms with Gasteiger partial charge in [-0.3, -0.25) is 14.8 Å². The van der Waals surface area contributed by atoms with Gasteiger partial charge in [0.1, 0.15) is 11.4 Å². The second-order valence-corrected chi connectivity index (χ2v) is 10.6. The molecule has 7 nitrogen and oxygen atoms in total. The predicted molar refractivity (Wildman–Crippen MR) is 134 cm³/mol. The number of carbonyl (C=O) groups is 1. The Morgan fingerprint density at radius 3 is 2.54 bits per heavy atom. The number of rotatable bonds is 5. The fourth-order valence-corrected chi connectivity index (χ4v) is 5.82. The SMILES string of the molecule is O=C(Nc1ccc(F)c(Cl)c1)N1CCN(CC2CN(C3CCC(O)(c4ccccn4)CC3)C2)CC1. The van der Waals surface area contributed by atoms with E-state index in [9.17, 15) is 14.3 Å². The third-order valence-electron chi connectivity index (χ3n) is 7.77. The van der Waals surface area contributed by atoms with Crippen molar-refractivity contribution in [1.82, 2.24) is 19.7 Å². The lowest BCUT2D eigenvalue weighted by Gasteiger charge is -2.49. The molecule has 2 aromatic rings.